The molecule has 2 rings (SSSR count). The molecule has 4 nitrogen and oxygen atoms in total. The van der Waals surface area contributed by atoms with E-state index in [1.165, 1.54) is 0 Å². The molecule has 0 aliphatic rings. The Labute approximate surface area is 144 Å². The Kier molecular flexibility index (Phi) is 5.35. The van der Waals surface area contributed by atoms with E-state index in [1.807, 2.05) is 39.8 Å². The number of benzene rings is 2. The summed E-state index contributed by atoms with van der Waals surface area (Å²) in [5.41, 5.74) is 4.67. The number of hydrogen-bond donors (Lipinski definition) is 1. The van der Waals surface area contributed by atoms with Gasteiger partial charge in [-0.1, -0.05) is 23.8 Å². The van der Waals surface area contributed by atoms with Crippen molar-refractivity contribution in [2.75, 3.05) is 7.11 Å². The van der Waals surface area contributed by atoms with E-state index in [9.17, 15) is 8.42 Å². The number of hydrogen-bond acceptors (Lipinski definition) is 3. The van der Waals surface area contributed by atoms with Gasteiger partial charge in [0.15, 0.2) is 0 Å². The quantitative estimate of drug-likeness (QED) is 0.890. The molecular weight excluding hydrogens is 322 g/mol. The lowest BCUT2D eigenvalue weighted by Gasteiger charge is -2.19. The van der Waals surface area contributed by atoms with Crippen molar-refractivity contribution in [1.29, 1.82) is 0 Å². The Bertz CT molecular complexity index is 857. The summed E-state index contributed by atoms with van der Waals surface area (Å²) in [6.45, 7) is 9.50. The van der Waals surface area contributed by atoms with E-state index >= 15 is 0 Å². The summed E-state index contributed by atoms with van der Waals surface area (Å²) >= 11 is 0. The van der Waals surface area contributed by atoms with Crippen LogP contribution in [0.1, 0.15) is 40.8 Å². The van der Waals surface area contributed by atoms with Gasteiger partial charge in [0.25, 0.3) is 0 Å². The van der Waals surface area contributed by atoms with Gasteiger partial charge in [0.05, 0.1) is 12.0 Å². The van der Waals surface area contributed by atoms with E-state index in [2.05, 4.69) is 10.8 Å². The smallest absolute Gasteiger partial charge is 0.241 e. The minimum Gasteiger partial charge on any atom is -0.496 e. The zero-order valence-corrected chi connectivity index (χ0v) is 15.9. The van der Waals surface area contributed by atoms with Gasteiger partial charge in [0, 0.05) is 6.04 Å². The Morgan fingerprint density at radius 2 is 1.62 bits per heavy atom. The lowest BCUT2D eigenvalue weighted by molar-refractivity contribution is 0.411. The maximum atomic E-state index is 12.8. The monoisotopic (exact) mass is 347 g/mol. The maximum Gasteiger partial charge on any atom is 0.241 e. The second kappa shape index (κ2) is 6.95. The standard InChI is InChI=1S/C19H25NO3S/c1-12-7-8-17(13(2)9-12)16(5)20-24(21,22)19-11-14(3)18(23-6)10-15(19)4/h7-11,16,20H,1-6H3. The predicted molar refractivity (Wildman–Crippen MR) is 97.1 cm³/mol. The Morgan fingerprint density at radius 1 is 0.958 bits per heavy atom. The third-order valence-corrected chi connectivity index (χ3v) is 5.89. The highest BCUT2D eigenvalue weighted by Crippen LogP contribution is 2.27. The summed E-state index contributed by atoms with van der Waals surface area (Å²) in [7, 11) is -2.04. The molecular formula is C19H25NO3S. The zero-order chi connectivity index (χ0) is 18.1. The molecule has 0 spiro atoms. The van der Waals surface area contributed by atoms with Gasteiger partial charge in [0.1, 0.15) is 5.75 Å². The fourth-order valence-electron chi connectivity index (χ4n) is 2.94. The zero-order valence-electron chi connectivity index (χ0n) is 15.1. The molecule has 24 heavy (non-hydrogen) atoms. The van der Waals surface area contributed by atoms with E-state index in [4.69, 9.17) is 4.74 Å². The molecule has 0 aliphatic carbocycles. The molecule has 5 heteroatoms. The number of sulfonamides is 1. The first-order valence-electron chi connectivity index (χ1n) is 7.90. The summed E-state index contributed by atoms with van der Waals surface area (Å²) in [4.78, 5) is 0.289. The van der Waals surface area contributed by atoms with Crippen molar-refractivity contribution < 1.29 is 13.2 Å². The van der Waals surface area contributed by atoms with Gasteiger partial charge in [-0.3, -0.25) is 0 Å². The Hall–Kier alpha value is -1.85. The van der Waals surface area contributed by atoms with E-state index in [0.717, 1.165) is 22.3 Å². The highest BCUT2D eigenvalue weighted by Gasteiger charge is 2.22. The van der Waals surface area contributed by atoms with Crippen LogP contribution in [-0.4, -0.2) is 15.5 Å². The van der Waals surface area contributed by atoms with Gasteiger partial charge in [-0.05, 0) is 69.0 Å². The number of rotatable bonds is 5. The average molecular weight is 347 g/mol. The molecule has 2 aromatic rings. The summed E-state index contributed by atoms with van der Waals surface area (Å²) in [5.74, 6) is 0.689. The molecule has 0 aliphatic heterocycles. The van der Waals surface area contributed by atoms with Crippen molar-refractivity contribution >= 4 is 10.0 Å². The Morgan fingerprint density at radius 3 is 2.21 bits per heavy atom. The predicted octanol–water partition coefficient (Wildman–Crippen LogP) is 3.97. The first-order chi connectivity index (χ1) is 11.2. The average Bonchev–Trinajstić information content (AvgIpc) is 2.48. The van der Waals surface area contributed by atoms with Gasteiger partial charge in [-0.25, -0.2) is 13.1 Å². The molecule has 0 radical (unpaired) electrons. The molecule has 1 N–H and O–H groups in total. The molecule has 0 amide bonds. The molecule has 1 unspecified atom stereocenters. The molecule has 0 bridgehead atoms. The van der Waals surface area contributed by atoms with Crippen LogP contribution < -0.4 is 9.46 Å². The van der Waals surface area contributed by atoms with Gasteiger partial charge in [-0.15, -0.1) is 0 Å². The second-order valence-corrected chi connectivity index (χ2v) is 7.97. The molecule has 1 atom stereocenters. The van der Waals surface area contributed by atoms with E-state index in [-0.39, 0.29) is 10.9 Å². The number of methoxy groups -OCH3 is 1. The van der Waals surface area contributed by atoms with E-state index in [0.29, 0.717) is 11.3 Å². The van der Waals surface area contributed by atoms with E-state index in [1.54, 1.807) is 26.2 Å². The van der Waals surface area contributed by atoms with Crippen LogP contribution in [0.15, 0.2) is 35.2 Å². The summed E-state index contributed by atoms with van der Waals surface area (Å²) in [5, 5.41) is 0. The molecule has 0 fully saturated rings. The second-order valence-electron chi connectivity index (χ2n) is 6.29. The van der Waals surface area contributed by atoms with Crippen molar-refractivity contribution in [3.63, 3.8) is 0 Å². The van der Waals surface area contributed by atoms with Crippen LogP contribution >= 0.6 is 0 Å². The number of nitrogens with one attached hydrogen (secondary N) is 1. The summed E-state index contributed by atoms with van der Waals surface area (Å²) < 4.78 is 33.7. The van der Waals surface area contributed by atoms with Crippen LogP contribution in [0, 0.1) is 27.7 Å². The molecule has 0 saturated carbocycles. The van der Waals surface area contributed by atoms with Crippen molar-refractivity contribution in [1.82, 2.24) is 4.72 Å². The Balaban J connectivity index is 2.36. The third-order valence-electron chi connectivity index (χ3n) is 4.21. The summed E-state index contributed by atoms with van der Waals surface area (Å²) in [6, 6.07) is 9.14. The van der Waals surface area contributed by atoms with Gasteiger partial charge < -0.3 is 4.74 Å². The molecule has 2 aromatic carbocycles. The summed E-state index contributed by atoms with van der Waals surface area (Å²) in [6.07, 6.45) is 0. The van der Waals surface area contributed by atoms with Crippen LogP contribution in [0.2, 0.25) is 0 Å². The van der Waals surface area contributed by atoms with Gasteiger partial charge in [-0.2, -0.15) is 0 Å². The molecule has 0 saturated heterocycles. The molecule has 130 valence electrons. The highest BCUT2D eigenvalue weighted by molar-refractivity contribution is 7.89. The van der Waals surface area contributed by atoms with Crippen molar-refractivity contribution in [3.05, 3.63) is 58.1 Å². The van der Waals surface area contributed by atoms with Crippen LogP contribution in [0.5, 0.6) is 5.75 Å². The lowest BCUT2D eigenvalue weighted by atomic mass is 10.0. The number of aryl methyl sites for hydroxylation is 4. The fourth-order valence-corrected chi connectivity index (χ4v) is 4.48. The van der Waals surface area contributed by atoms with Gasteiger partial charge in [0.2, 0.25) is 10.0 Å². The molecule has 0 heterocycles. The van der Waals surface area contributed by atoms with Crippen molar-refractivity contribution in [2.24, 2.45) is 0 Å². The minimum absolute atomic E-state index is 0.289. The van der Waals surface area contributed by atoms with Crippen molar-refractivity contribution in [2.45, 2.75) is 45.6 Å². The van der Waals surface area contributed by atoms with E-state index < -0.39 is 10.0 Å². The largest absolute Gasteiger partial charge is 0.496 e. The third kappa shape index (κ3) is 3.79. The number of ether oxygens (including phenoxy) is 1. The molecule has 0 aromatic heterocycles. The first kappa shape index (κ1) is 18.5. The normalized spacial score (nSPS) is 12.9. The lowest BCUT2D eigenvalue weighted by Crippen LogP contribution is -2.28. The van der Waals surface area contributed by atoms with Gasteiger partial charge >= 0.3 is 0 Å². The van der Waals surface area contributed by atoms with Crippen molar-refractivity contribution in [3.8, 4) is 5.75 Å². The SMILES string of the molecule is COc1cc(C)c(S(=O)(=O)NC(C)c2ccc(C)cc2C)cc1C. The maximum absolute atomic E-state index is 12.8. The van der Waals surface area contributed by atoms with Crippen LogP contribution in [0.25, 0.3) is 0 Å². The fraction of sp³-hybridized carbons (Fsp3) is 0.368. The van der Waals surface area contributed by atoms with Crippen LogP contribution in [0.4, 0.5) is 0 Å². The first-order valence-corrected chi connectivity index (χ1v) is 9.38. The minimum atomic E-state index is -3.62. The topological polar surface area (TPSA) is 55.4 Å². The highest BCUT2D eigenvalue weighted by atomic mass is 32.2. The van der Waals surface area contributed by atoms with Crippen LogP contribution in [-0.2, 0) is 10.0 Å². The van der Waals surface area contributed by atoms with Crippen LogP contribution in [0.3, 0.4) is 0 Å².